The van der Waals surface area contributed by atoms with Gasteiger partial charge in [0.05, 0.1) is 34.8 Å². The Morgan fingerprint density at radius 3 is 2.81 bits per heavy atom. The van der Waals surface area contributed by atoms with Gasteiger partial charge in [-0.3, -0.25) is 3.97 Å². The largest absolute Gasteiger partial charge is 0.376 e. The first-order valence-corrected chi connectivity index (χ1v) is 9.62. The normalized spacial score (nSPS) is 21.1. The number of nitriles is 1. The van der Waals surface area contributed by atoms with Gasteiger partial charge in [-0.15, -0.1) is 5.10 Å². The molecule has 0 radical (unpaired) electrons. The third-order valence-electron chi connectivity index (χ3n) is 4.51. The minimum Gasteiger partial charge on any atom is -0.376 e. The van der Waals surface area contributed by atoms with Crippen molar-refractivity contribution in [3.63, 3.8) is 0 Å². The van der Waals surface area contributed by atoms with Crippen LogP contribution in [0.4, 0.5) is 5.82 Å². The van der Waals surface area contributed by atoms with Crippen molar-refractivity contribution in [2.24, 2.45) is 10.9 Å². The maximum atomic E-state index is 11.0. The molecule has 2 unspecified atom stereocenters. The maximum absolute atomic E-state index is 11.0. The lowest BCUT2D eigenvalue weighted by Crippen LogP contribution is -2.12. The highest BCUT2D eigenvalue weighted by molar-refractivity contribution is 8.29. The zero-order valence-corrected chi connectivity index (χ0v) is 14.5. The zero-order valence-electron chi connectivity index (χ0n) is 13.6. The lowest BCUT2D eigenvalue weighted by Gasteiger charge is -2.24. The fourth-order valence-corrected chi connectivity index (χ4v) is 5.41. The molecule has 0 bridgehead atoms. The fraction of sp³-hybridized carbons (Fsp3) is 0.235. The van der Waals surface area contributed by atoms with E-state index in [4.69, 9.17) is 5.26 Å². The van der Waals surface area contributed by atoms with E-state index < -0.39 is 16.5 Å². The summed E-state index contributed by atoms with van der Waals surface area (Å²) in [6.45, 7) is 0. The van der Waals surface area contributed by atoms with Crippen LogP contribution in [0.15, 0.2) is 48.0 Å². The quantitative estimate of drug-likeness (QED) is 0.690. The smallest absolute Gasteiger partial charge is 0.162 e. The third-order valence-corrected chi connectivity index (χ3v) is 6.94. The van der Waals surface area contributed by atoms with Gasteiger partial charge in [0.1, 0.15) is 17.5 Å². The number of aliphatic hydroxyl groups is 1. The average molecular weight is 365 g/mol. The van der Waals surface area contributed by atoms with E-state index in [-0.39, 0.29) is 0 Å². The highest BCUT2D eigenvalue weighted by Crippen LogP contribution is 2.55. The first kappa shape index (κ1) is 15.3. The van der Waals surface area contributed by atoms with Crippen LogP contribution < -0.4 is 0 Å². The van der Waals surface area contributed by atoms with Crippen LogP contribution in [0, 0.1) is 17.2 Å². The van der Waals surface area contributed by atoms with Gasteiger partial charge in [0, 0.05) is 5.92 Å². The van der Waals surface area contributed by atoms with Crippen LogP contribution in [0.5, 0.6) is 0 Å². The third kappa shape index (κ3) is 2.42. The molecule has 1 N–H and O–H groups in total. The molecule has 2 atom stereocenters. The van der Waals surface area contributed by atoms with E-state index in [9.17, 15) is 5.11 Å². The first-order valence-electron chi connectivity index (χ1n) is 8.26. The van der Waals surface area contributed by atoms with Gasteiger partial charge in [-0.05, 0) is 37.1 Å². The number of aromatic nitrogens is 5. The number of aliphatic hydroxyl groups excluding tert-OH is 1. The fourth-order valence-electron chi connectivity index (χ4n) is 3.00. The summed E-state index contributed by atoms with van der Waals surface area (Å²) in [5, 5.41) is 29.3. The van der Waals surface area contributed by atoms with Gasteiger partial charge in [0.25, 0.3) is 0 Å². The molecule has 1 aliphatic heterocycles. The van der Waals surface area contributed by atoms with Crippen molar-refractivity contribution in [1.29, 1.82) is 5.26 Å². The Bertz CT molecular complexity index is 1040. The average Bonchev–Trinajstić information content (AvgIpc) is 3.09. The second kappa shape index (κ2) is 5.79. The summed E-state index contributed by atoms with van der Waals surface area (Å²) in [5.41, 5.74) is 1.09. The molecule has 130 valence electrons. The number of imidazole rings is 1. The second-order valence-corrected chi connectivity index (χ2v) is 8.37. The maximum Gasteiger partial charge on any atom is 0.162 e. The first-order chi connectivity index (χ1) is 12.7. The van der Waals surface area contributed by atoms with Crippen molar-refractivity contribution in [3.8, 4) is 11.8 Å². The molecule has 3 heterocycles. The van der Waals surface area contributed by atoms with Crippen molar-refractivity contribution in [2.75, 3.05) is 0 Å². The lowest BCUT2D eigenvalue weighted by atomic mass is 10.2. The highest BCUT2D eigenvalue weighted by Gasteiger charge is 2.40. The molecule has 9 heteroatoms. The number of fused-ring (bicyclic) bond motifs is 1. The Kier molecular flexibility index (Phi) is 3.41. The van der Waals surface area contributed by atoms with E-state index in [1.165, 1.54) is 0 Å². The summed E-state index contributed by atoms with van der Waals surface area (Å²) in [4.78, 5) is 8.83. The Morgan fingerprint density at radius 1 is 1.27 bits per heavy atom. The molecule has 2 aromatic heterocycles. The van der Waals surface area contributed by atoms with E-state index >= 15 is 0 Å². The number of benzene rings is 1. The zero-order chi connectivity index (χ0) is 17.7. The molecule has 2 aliphatic rings. The molecule has 1 aromatic carbocycles. The standard InChI is InChI=1S/C17H15N7OS/c18-7-11-1-5-13(6-2-11)23-9-14(21-22-23)17(25)26-16(12-3-4-12)20-15-8-19-10-24(15)26/h1-2,5-6,8-10,12,17,25-26H,3-4H2. The van der Waals surface area contributed by atoms with Gasteiger partial charge in [0.15, 0.2) is 5.82 Å². The predicted molar refractivity (Wildman–Crippen MR) is 97.5 cm³/mol. The SMILES string of the molecule is N#Cc1ccc(-n2cc(C(O)[SH]3C(C4CC4)=Nc4cncn43)nn2)cc1. The van der Waals surface area contributed by atoms with Gasteiger partial charge < -0.3 is 5.11 Å². The van der Waals surface area contributed by atoms with Crippen LogP contribution in [-0.4, -0.2) is 34.1 Å². The summed E-state index contributed by atoms with van der Waals surface area (Å²) in [6, 6.07) is 9.14. The Morgan fingerprint density at radius 2 is 2.08 bits per heavy atom. The van der Waals surface area contributed by atoms with Crippen LogP contribution in [0.3, 0.4) is 0 Å². The van der Waals surface area contributed by atoms with Crippen molar-refractivity contribution in [3.05, 3.63) is 54.2 Å². The van der Waals surface area contributed by atoms with E-state index in [0.29, 0.717) is 17.2 Å². The molecular formula is C17H15N7OS. The minimum absolute atomic E-state index is 0.462. The molecular weight excluding hydrogens is 350 g/mol. The molecule has 26 heavy (non-hydrogen) atoms. The molecule has 0 amide bonds. The van der Waals surface area contributed by atoms with Gasteiger partial charge in [-0.25, -0.2) is 14.7 Å². The predicted octanol–water partition coefficient (Wildman–Crippen LogP) is 2.24. The molecule has 5 rings (SSSR count). The molecule has 1 saturated carbocycles. The van der Waals surface area contributed by atoms with Crippen molar-refractivity contribution in [1.82, 2.24) is 24.0 Å². The van der Waals surface area contributed by atoms with Crippen LogP contribution in [0.2, 0.25) is 0 Å². The Labute approximate surface area is 151 Å². The van der Waals surface area contributed by atoms with Gasteiger partial charge in [-0.2, -0.15) is 5.26 Å². The molecule has 1 aliphatic carbocycles. The Hall–Kier alpha value is -2.96. The highest BCUT2D eigenvalue weighted by atomic mass is 32.2. The van der Waals surface area contributed by atoms with E-state index in [2.05, 4.69) is 26.4 Å². The van der Waals surface area contributed by atoms with Gasteiger partial charge >= 0.3 is 0 Å². The van der Waals surface area contributed by atoms with E-state index in [0.717, 1.165) is 29.4 Å². The summed E-state index contributed by atoms with van der Waals surface area (Å²) < 4.78 is 3.57. The molecule has 0 saturated heterocycles. The molecule has 8 nitrogen and oxygen atoms in total. The van der Waals surface area contributed by atoms with Crippen LogP contribution >= 0.6 is 11.1 Å². The number of hydrogen-bond donors (Lipinski definition) is 2. The number of nitrogens with zero attached hydrogens (tertiary/aromatic N) is 7. The lowest BCUT2D eigenvalue weighted by molar-refractivity contribution is 0.263. The van der Waals surface area contributed by atoms with E-state index in [1.54, 1.807) is 47.7 Å². The molecule has 0 spiro atoms. The second-order valence-electron chi connectivity index (χ2n) is 6.31. The van der Waals surface area contributed by atoms with Gasteiger partial charge in [0.2, 0.25) is 0 Å². The number of aliphatic imine (C=N–C) groups is 1. The van der Waals surface area contributed by atoms with Gasteiger partial charge in [-0.1, -0.05) is 16.3 Å². The van der Waals surface area contributed by atoms with Crippen molar-refractivity contribution in [2.45, 2.75) is 18.3 Å². The van der Waals surface area contributed by atoms with Crippen LogP contribution in [-0.2, 0) is 0 Å². The molecule has 3 aromatic rings. The van der Waals surface area contributed by atoms with Crippen molar-refractivity contribution < 1.29 is 5.11 Å². The number of hydrogen-bond acceptors (Lipinski definition) is 6. The van der Waals surface area contributed by atoms with Crippen LogP contribution in [0.25, 0.3) is 5.69 Å². The topological polar surface area (TPSA) is 105 Å². The summed E-state index contributed by atoms with van der Waals surface area (Å²) in [6.07, 6.45) is 7.44. The summed E-state index contributed by atoms with van der Waals surface area (Å²) in [7, 11) is 0. The number of rotatable bonds is 4. The summed E-state index contributed by atoms with van der Waals surface area (Å²) in [5.74, 6) is 1.26. The monoisotopic (exact) mass is 365 g/mol. The van der Waals surface area contributed by atoms with Crippen molar-refractivity contribution >= 4 is 21.9 Å². The Balaban J connectivity index is 1.46. The minimum atomic E-state index is -1.06. The number of thiol groups is 1. The van der Waals surface area contributed by atoms with E-state index in [1.807, 2.05) is 3.97 Å². The van der Waals surface area contributed by atoms with Crippen LogP contribution in [0.1, 0.15) is 29.5 Å². The molecule has 1 fully saturated rings. The summed E-state index contributed by atoms with van der Waals surface area (Å²) >= 11 is -1.06.